The fourth-order valence-electron chi connectivity index (χ4n) is 1.31. The molecule has 0 aliphatic carbocycles. The van der Waals surface area contributed by atoms with Gasteiger partial charge in [-0.05, 0) is 44.8 Å². The molecule has 17 heavy (non-hydrogen) atoms. The van der Waals surface area contributed by atoms with Crippen molar-refractivity contribution in [3.05, 3.63) is 29.8 Å². The molecule has 0 atom stereocenters. The first-order chi connectivity index (χ1) is 7.89. The Morgan fingerprint density at radius 2 is 1.71 bits per heavy atom. The fraction of sp³-hybridized carbons (Fsp3) is 0.500. The summed E-state index contributed by atoms with van der Waals surface area (Å²) in [5.74, 6) is 0.469. The molecule has 0 fully saturated rings. The predicted octanol–water partition coefficient (Wildman–Crippen LogP) is 3.04. The maximum atomic E-state index is 12.3. The van der Waals surface area contributed by atoms with E-state index in [0.717, 1.165) is 25.1 Å². The molecule has 96 valence electrons. The van der Waals surface area contributed by atoms with Gasteiger partial charge in [0.2, 0.25) is 0 Å². The molecule has 5 heteroatoms. The highest BCUT2D eigenvalue weighted by atomic mass is 19.4. The van der Waals surface area contributed by atoms with Crippen LogP contribution in [0, 0.1) is 0 Å². The van der Waals surface area contributed by atoms with Crippen molar-refractivity contribution in [2.45, 2.75) is 12.6 Å². The van der Waals surface area contributed by atoms with Crippen molar-refractivity contribution in [1.82, 2.24) is 4.90 Å². The lowest BCUT2D eigenvalue weighted by atomic mass is 10.2. The van der Waals surface area contributed by atoms with E-state index in [1.165, 1.54) is 12.1 Å². The average molecular weight is 247 g/mol. The standard InChI is InChI=1S/C12H16F3NO/c1-16(2)8-3-9-17-11-6-4-10(5-7-11)12(13,14)15/h4-7H,3,8-9H2,1-2H3. The van der Waals surface area contributed by atoms with Crippen molar-refractivity contribution in [2.75, 3.05) is 27.2 Å². The number of nitrogens with zero attached hydrogens (tertiary/aromatic N) is 1. The van der Waals surface area contributed by atoms with Crippen LogP contribution >= 0.6 is 0 Å². The summed E-state index contributed by atoms with van der Waals surface area (Å²) in [6.07, 6.45) is -3.45. The molecule has 0 heterocycles. The summed E-state index contributed by atoms with van der Waals surface area (Å²) in [6.45, 7) is 1.39. The van der Waals surface area contributed by atoms with Gasteiger partial charge in [0.05, 0.1) is 12.2 Å². The highest BCUT2D eigenvalue weighted by Crippen LogP contribution is 2.30. The third-order valence-electron chi connectivity index (χ3n) is 2.20. The van der Waals surface area contributed by atoms with Crippen molar-refractivity contribution >= 4 is 0 Å². The summed E-state index contributed by atoms with van der Waals surface area (Å²) >= 11 is 0. The topological polar surface area (TPSA) is 12.5 Å². The zero-order valence-electron chi connectivity index (χ0n) is 9.92. The molecule has 0 saturated heterocycles. The van der Waals surface area contributed by atoms with Crippen LogP contribution in [0.5, 0.6) is 5.75 Å². The van der Waals surface area contributed by atoms with Crippen LogP contribution in [0.15, 0.2) is 24.3 Å². The first-order valence-corrected chi connectivity index (χ1v) is 5.34. The number of alkyl halides is 3. The Morgan fingerprint density at radius 1 is 1.12 bits per heavy atom. The minimum Gasteiger partial charge on any atom is -0.494 e. The van der Waals surface area contributed by atoms with Gasteiger partial charge in [0, 0.05) is 6.54 Å². The van der Waals surface area contributed by atoms with Gasteiger partial charge >= 0.3 is 6.18 Å². The zero-order valence-corrected chi connectivity index (χ0v) is 9.92. The number of hydrogen-bond donors (Lipinski definition) is 0. The van der Waals surface area contributed by atoms with Crippen molar-refractivity contribution in [3.8, 4) is 5.75 Å². The molecule has 0 aliphatic rings. The van der Waals surface area contributed by atoms with Crippen LogP contribution in [0.4, 0.5) is 13.2 Å². The van der Waals surface area contributed by atoms with Crippen LogP contribution < -0.4 is 4.74 Å². The normalized spacial score (nSPS) is 11.9. The smallest absolute Gasteiger partial charge is 0.416 e. The van der Waals surface area contributed by atoms with Crippen LogP contribution in [-0.2, 0) is 6.18 Å². The lowest BCUT2D eigenvalue weighted by Gasteiger charge is -2.11. The van der Waals surface area contributed by atoms with E-state index in [2.05, 4.69) is 0 Å². The summed E-state index contributed by atoms with van der Waals surface area (Å²) in [7, 11) is 3.91. The molecule has 0 unspecified atom stereocenters. The van der Waals surface area contributed by atoms with Gasteiger partial charge in [0.1, 0.15) is 5.75 Å². The van der Waals surface area contributed by atoms with E-state index in [4.69, 9.17) is 4.74 Å². The Kier molecular flexibility index (Phi) is 4.81. The van der Waals surface area contributed by atoms with Gasteiger partial charge in [-0.3, -0.25) is 0 Å². The van der Waals surface area contributed by atoms with Crippen LogP contribution in [0.3, 0.4) is 0 Å². The molecule has 1 aromatic carbocycles. The minimum atomic E-state index is -4.29. The van der Waals surface area contributed by atoms with E-state index in [1.807, 2.05) is 19.0 Å². The number of rotatable bonds is 5. The summed E-state index contributed by atoms with van der Waals surface area (Å²) < 4.78 is 42.1. The average Bonchev–Trinajstić information content (AvgIpc) is 2.23. The van der Waals surface area contributed by atoms with E-state index >= 15 is 0 Å². The molecule has 2 nitrogen and oxygen atoms in total. The third-order valence-corrected chi connectivity index (χ3v) is 2.20. The Bertz CT molecular complexity index is 333. The lowest BCUT2D eigenvalue weighted by molar-refractivity contribution is -0.137. The molecule has 0 spiro atoms. The summed E-state index contributed by atoms with van der Waals surface area (Å²) in [5.41, 5.74) is -0.654. The van der Waals surface area contributed by atoms with E-state index in [9.17, 15) is 13.2 Å². The van der Waals surface area contributed by atoms with Gasteiger partial charge in [-0.25, -0.2) is 0 Å². The molecule has 0 N–H and O–H groups in total. The van der Waals surface area contributed by atoms with Gasteiger partial charge in [0.25, 0.3) is 0 Å². The molecule has 0 bridgehead atoms. The second kappa shape index (κ2) is 5.91. The Hall–Kier alpha value is -1.23. The largest absolute Gasteiger partial charge is 0.494 e. The van der Waals surface area contributed by atoms with E-state index in [1.54, 1.807) is 0 Å². The van der Waals surface area contributed by atoms with E-state index in [0.29, 0.717) is 12.4 Å². The first-order valence-electron chi connectivity index (χ1n) is 5.34. The second-order valence-electron chi connectivity index (χ2n) is 4.03. The van der Waals surface area contributed by atoms with Crippen molar-refractivity contribution in [1.29, 1.82) is 0 Å². The van der Waals surface area contributed by atoms with Gasteiger partial charge in [0.15, 0.2) is 0 Å². The first kappa shape index (κ1) is 13.8. The molecule has 0 saturated carbocycles. The molecular weight excluding hydrogens is 231 g/mol. The quantitative estimate of drug-likeness (QED) is 0.741. The lowest BCUT2D eigenvalue weighted by Crippen LogP contribution is -2.15. The molecule has 0 aliphatic heterocycles. The van der Waals surface area contributed by atoms with Crippen LogP contribution in [-0.4, -0.2) is 32.1 Å². The minimum absolute atomic E-state index is 0.469. The van der Waals surface area contributed by atoms with E-state index in [-0.39, 0.29) is 0 Å². The fourth-order valence-corrected chi connectivity index (χ4v) is 1.31. The number of ether oxygens (including phenoxy) is 1. The number of hydrogen-bond acceptors (Lipinski definition) is 2. The van der Waals surface area contributed by atoms with Gasteiger partial charge < -0.3 is 9.64 Å². The van der Waals surface area contributed by atoms with Gasteiger partial charge in [-0.15, -0.1) is 0 Å². The van der Waals surface area contributed by atoms with E-state index < -0.39 is 11.7 Å². The molecule has 0 radical (unpaired) electrons. The molecule has 0 amide bonds. The van der Waals surface area contributed by atoms with Crippen LogP contribution in [0.25, 0.3) is 0 Å². The van der Waals surface area contributed by atoms with Gasteiger partial charge in [-0.1, -0.05) is 0 Å². The highest BCUT2D eigenvalue weighted by Gasteiger charge is 2.29. The molecule has 0 aromatic heterocycles. The second-order valence-corrected chi connectivity index (χ2v) is 4.03. The SMILES string of the molecule is CN(C)CCCOc1ccc(C(F)(F)F)cc1. The maximum Gasteiger partial charge on any atom is 0.416 e. The summed E-state index contributed by atoms with van der Waals surface area (Å²) in [6, 6.07) is 4.75. The molecule has 1 rings (SSSR count). The summed E-state index contributed by atoms with van der Waals surface area (Å²) in [5, 5.41) is 0. The Balaban J connectivity index is 2.41. The monoisotopic (exact) mass is 247 g/mol. The van der Waals surface area contributed by atoms with Crippen LogP contribution in [0.2, 0.25) is 0 Å². The number of halogens is 3. The van der Waals surface area contributed by atoms with Crippen molar-refractivity contribution in [2.24, 2.45) is 0 Å². The zero-order chi connectivity index (χ0) is 12.9. The van der Waals surface area contributed by atoms with Crippen molar-refractivity contribution in [3.63, 3.8) is 0 Å². The molecule has 1 aromatic rings. The summed E-state index contributed by atoms with van der Waals surface area (Å²) in [4.78, 5) is 2.02. The van der Waals surface area contributed by atoms with Gasteiger partial charge in [-0.2, -0.15) is 13.2 Å². The Labute approximate surface area is 99.0 Å². The van der Waals surface area contributed by atoms with Crippen molar-refractivity contribution < 1.29 is 17.9 Å². The van der Waals surface area contributed by atoms with Crippen LogP contribution in [0.1, 0.15) is 12.0 Å². The highest BCUT2D eigenvalue weighted by molar-refractivity contribution is 5.28. The third kappa shape index (κ3) is 5.08. The number of benzene rings is 1. The Morgan fingerprint density at radius 3 is 2.18 bits per heavy atom. The predicted molar refractivity (Wildman–Crippen MR) is 60.1 cm³/mol. The molecular formula is C12H16F3NO. The maximum absolute atomic E-state index is 12.3.